The Morgan fingerprint density at radius 1 is 1.32 bits per heavy atom. The van der Waals surface area contributed by atoms with E-state index < -0.39 is 46.4 Å². The lowest BCUT2D eigenvalue weighted by Gasteiger charge is -2.41. The SMILES string of the molecule is CC(OP)C1C(=O)NC1C(C)C(=O)C(=[N+]=[N-])C(=O)OCc1ccc([N+](=O)[O-])cc1.II. The fourth-order valence-corrected chi connectivity index (χ4v) is 3.11. The van der Waals surface area contributed by atoms with Crippen LogP contribution in [0.15, 0.2) is 24.3 Å². The van der Waals surface area contributed by atoms with E-state index in [9.17, 15) is 24.5 Å². The van der Waals surface area contributed by atoms with E-state index in [0.717, 1.165) is 0 Å². The number of esters is 1. The van der Waals surface area contributed by atoms with E-state index in [0.29, 0.717) is 5.56 Å². The second-order valence-electron chi connectivity index (χ2n) is 6.50. The molecule has 1 amide bonds. The van der Waals surface area contributed by atoms with Crippen LogP contribution in [0.5, 0.6) is 0 Å². The Morgan fingerprint density at radius 3 is 2.35 bits per heavy atom. The molecule has 1 aromatic carbocycles. The lowest BCUT2D eigenvalue weighted by Crippen LogP contribution is -2.66. The van der Waals surface area contributed by atoms with E-state index in [2.05, 4.69) is 56.8 Å². The molecular formula is C17H19I2N4O7P. The molecule has 1 aromatic rings. The van der Waals surface area contributed by atoms with Gasteiger partial charge < -0.3 is 20.1 Å². The monoisotopic (exact) mass is 676 g/mol. The van der Waals surface area contributed by atoms with Gasteiger partial charge in [-0.3, -0.25) is 19.7 Å². The minimum Gasteiger partial charge on any atom is -0.452 e. The second kappa shape index (κ2) is 13.1. The van der Waals surface area contributed by atoms with E-state index in [1.54, 1.807) is 6.92 Å². The third-order valence-electron chi connectivity index (χ3n) is 4.72. The summed E-state index contributed by atoms with van der Waals surface area (Å²) >= 11 is 4.24. The number of nitro groups is 1. The number of nitro benzene ring substituents is 1. The highest BCUT2D eigenvalue weighted by Crippen LogP contribution is 2.28. The normalized spacial score (nSPS) is 18.7. The first-order valence-corrected chi connectivity index (χ1v) is 15.4. The summed E-state index contributed by atoms with van der Waals surface area (Å²) < 4.78 is 10.0. The van der Waals surface area contributed by atoms with E-state index >= 15 is 0 Å². The number of carbonyl (C=O) groups excluding carboxylic acids is 3. The van der Waals surface area contributed by atoms with Gasteiger partial charge in [-0.1, -0.05) is 6.92 Å². The van der Waals surface area contributed by atoms with Crippen molar-refractivity contribution in [2.45, 2.75) is 32.6 Å². The highest BCUT2D eigenvalue weighted by Gasteiger charge is 2.50. The van der Waals surface area contributed by atoms with Crippen LogP contribution in [-0.2, 0) is 30.3 Å². The van der Waals surface area contributed by atoms with Crippen LogP contribution in [0.1, 0.15) is 19.4 Å². The largest absolute Gasteiger partial charge is 0.452 e. The van der Waals surface area contributed by atoms with Gasteiger partial charge in [-0.15, -0.1) is 0 Å². The summed E-state index contributed by atoms with van der Waals surface area (Å²) in [4.78, 5) is 49.3. The van der Waals surface area contributed by atoms with Gasteiger partial charge in [0.25, 0.3) is 11.5 Å². The summed E-state index contributed by atoms with van der Waals surface area (Å²) in [5.74, 6) is -3.69. The molecule has 1 aliphatic rings. The number of hydrogen-bond donors (Lipinski definition) is 1. The molecule has 31 heavy (non-hydrogen) atoms. The number of nitrogens with zero attached hydrogens (tertiary/aromatic N) is 3. The predicted molar refractivity (Wildman–Crippen MR) is 129 cm³/mol. The molecule has 14 heteroatoms. The number of β-lactam (4-membered cyclic amide) rings is 1. The molecule has 1 fully saturated rings. The average molecular weight is 676 g/mol. The quantitative estimate of drug-likeness (QED) is 0.0402. The Bertz CT molecular complexity index is 893. The number of halogens is 2. The highest BCUT2D eigenvalue weighted by molar-refractivity contribution is 15.0. The smallest absolute Gasteiger partial charge is 0.441 e. The Kier molecular flexibility index (Phi) is 11.6. The summed E-state index contributed by atoms with van der Waals surface area (Å²) in [5, 5.41) is 13.2. The number of ketones is 1. The van der Waals surface area contributed by atoms with Gasteiger partial charge in [0, 0.05) is 64.7 Å². The van der Waals surface area contributed by atoms with Gasteiger partial charge in [-0.2, -0.15) is 4.79 Å². The number of nitrogens with one attached hydrogen (secondary N) is 1. The van der Waals surface area contributed by atoms with Gasteiger partial charge in [0.2, 0.25) is 5.91 Å². The molecule has 0 bridgehead atoms. The van der Waals surface area contributed by atoms with Crippen molar-refractivity contribution in [2.75, 3.05) is 0 Å². The van der Waals surface area contributed by atoms with Gasteiger partial charge in [0.05, 0.1) is 23.0 Å². The average Bonchev–Trinajstić information content (AvgIpc) is 2.77. The van der Waals surface area contributed by atoms with Gasteiger partial charge in [0.1, 0.15) is 6.61 Å². The molecule has 2 rings (SSSR count). The van der Waals surface area contributed by atoms with Crippen LogP contribution in [0.2, 0.25) is 0 Å². The fraction of sp³-hybridized carbons (Fsp3) is 0.412. The maximum Gasteiger partial charge on any atom is 0.441 e. The van der Waals surface area contributed by atoms with E-state index in [-0.39, 0.29) is 18.2 Å². The van der Waals surface area contributed by atoms with Crippen LogP contribution in [0.4, 0.5) is 5.69 Å². The molecule has 1 heterocycles. The Hall–Kier alpha value is -1.54. The number of ether oxygens (including phenoxy) is 1. The molecule has 5 unspecified atom stereocenters. The number of rotatable bonds is 9. The van der Waals surface area contributed by atoms with Gasteiger partial charge >= 0.3 is 11.7 Å². The highest BCUT2D eigenvalue weighted by atomic mass is 128. The maximum atomic E-state index is 12.6. The molecule has 1 aliphatic heterocycles. The lowest BCUT2D eigenvalue weighted by molar-refractivity contribution is -0.384. The minimum absolute atomic E-state index is 0.123. The zero-order valence-corrected chi connectivity index (χ0v) is 21.8. The van der Waals surface area contributed by atoms with Crippen molar-refractivity contribution in [3.63, 3.8) is 0 Å². The predicted octanol–water partition coefficient (Wildman–Crippen LogP) is 2.60. The van der Waals surface area contributed by atoms with Crippen LogP contribution in [0, 0.1) is 22.0 Å². The molecule has 5 atom stereocenters. The molecule has 0 radical (unpaired) electrons. The van der Waals surface area contributed by atoms with Crippen molar-refractivity contribution in [1.82, 2.24) is 5.32 Å². The molecular weight excluding hydrogens is 657 g/mol. The zero-order valence-electron chi connectivity index (χ0n) is 16.4. The van der Waals surface area contributed by atoms with Gasteiger partial charge in [-0.05, 0) is 24.6 Å². The van der Waals surface area contributed by atoms with Crippen molar-refractivity contribution < 1.29 is 33.4 Å². The van der Waals surface area contributed by atoms with Gasteiger partial charge in [0.15, 0.2) is 0 Å². The molecule has 0 saturated carbocycles. The Labute approximate surface area is 203 Å². The second-order valence-corrected chi connectivity index (χ2v) is 6.77. The van der Waals surface area contributed by atoms with E-state index in [1.165, 1.54) is 31.2 Å². The number of hydrogen-bond acceptors (Lipinski definition) is 7. The standard InChI is InChI=1S/C17H19N4O7P.I2/c1-8(13-12(9(2)28-29)16(23)19-13)15(22)14(20-18)17(24)27-7-10-3-5-11(6-4-10)21(25)26;1-2/h3-6,8-9,12-13H,7,29H2,1-2H3,(H,19,23);. The fourth-order valence-electron chi connectivity index (χ4n) is 2.94. The first kappa shape index (κ1) is 27.5. The summed E-state index contributed by atoms with van der Waals surface area (Å²) in [6.45, 7) is 2.88. The zero-order chi connectivity index (χ0) is 23.7. The summed E-state index contributed by atoms with van der Waals surface area (Å²) in [6, 6.07) is 4.68. The minimum atomic E-state index is -1.15. The molecule has 11 nitrogen and oxygen atoms in total. The van der Waals surface area contributed by atoms with Crippen molar-refractivity contribution in [2.24, 2.45) is 11.8 Å². The number of carbonyl (C=O) groups is 3. The molecule has 168 valence electrons. The van der Waals surface area contributed by atoms with Crippen molar-refractivity contribution in [3.05, 3.63) is 45.5 Å². The summed E-state index contributed by atoms with van der Waals surface area (Å²) in [6.07, 6.45) is -0.474. The van der Waals surface area contributed by atoms with Crippen molar-refractivity contribution >= 4 is 75.8 Å². The lowest BCUT2D eigenvalue weighted by atomic mass is 9.76. The van der Waals surface area contributed by atoms with Crippen LogP contribution in [-0.4, -0.2) is 45.2 Å². The Balaban J connectivity index is 0.00000233. The number of Topliss-reactive ketones (excluding diaryl/α,β-unsaturated/α-hetero) is 1. The number of non-ortho nitro benzene ring substituents is 1. The third kappa shape index (κ3) is 6.97. The maximum absolute atomic E-state index is 12.6. The Morgan fingerprint density at radius 2 is 1.90 bits per heavy atom. The molecule has 1 N–H and O–H groups in total. The number of amides is 1. The molecule has 1 saturated heterocycles. The first-order valence-electron chi connectivity index (χ1n) is 8.68. The van der Waals surface area contributed by atoms with E-state index in [1.807, 2.05) is 0 Å². The van der Waals surface area contributed by atoms with Crippen LogP contribution in [0.25, 0.3) is 5.53 Å². The summed E-state index contributed by atoms with van der Waals surface area (Å²) in [5.41, 5.74) is 8.65. The van der Waals surface area contributed by atoms with Crippen molar-refractivity contribution in [1.29, 1.82) is 0 Å². The number of benzene rings is 1. The summed E-state index contributed by atoms with van der Waals surface area (Å²) in [7, 11) is 2.05. The molecule has 0 aliphatic carbocycles. The van der Waals surface area contributed by atoms with Crippen LogP contribution >= 0.6 is 46.7 Å². The van der Waals surface area contributed by atoms with Gasteiger partial charge in [-0.25, -0.2) is 4.79 Å². The third-order valence-corrected chi connectivity index (χ3v) is 5.14. The van der Waals surface area contributed by atoms with Crippen LogP contribution < -0.4 is 5.32 Å². The van der Waals surface area contributed by atoms with E-state index in [4.69, 9.17) is 14.8 Å². The van der Waals surface area contributed by atoms with Crippen molar-refractivity contribution in [3.8, 4) is 0 Å². The van der Waals surface area contributed by atoms with Crippen LogP contribution in [0.3, 0.4) is 0 Å². The topological polar surface area (TPSA) is 161 Å². The molecule has 0 aromatic heterocycles. The molecule has 0 spiro atoms. The first-order chi connectivity index (χ1) is 14.7.